The number of hydrogen-bond acceptors (Lipinski definition) is 3. The van der Waals surface area contributed by atoms with Crippen LogP contribution in [0.5, 0.6) is 0 Å². The van der Waals surface area contributed by atoms with Gasteiger partial charge >= 0.3 is 5.97 Å². The van der Waals surface area contributed by atoms with Crippen molar-refractivity contribution in [2.45, 2.75) is 30.2 Å². The van der Waals surface area contributed by atoms with Crippen LogP contribution >= 0.6 is 0 Å². The van der Waals surface area contributed by atoms with Crippen LogP contribution in [0.25, 0.3) is 0 Å². The van der Waals surface area contributed by atoms with Gasteiger partial charge < -0.3 is 5.11 Å². The minimum Gasteiger partial charge on any atom is -0.481 e. The van der Waals surface area contributed by atoms with Crippen LogP contribution in [-0.4, -0.2) is 25.5 Å². The lowest BCUT2D eigenvalue weighted by Gasteiger charge is -2.16. The first-order valence-corrected chi connectivity index (χ1v) is 7.47. The second-order valence-corrected chi connectivity index (χ2v) is 6.36. The maximum atomic E-state index is 13.5. The fourth-order valence-electron chi connectivity index (χ4n) is 1.99. The zero-order valence-corrected chi connectivity index (χ0v) is 11.2. The molecule has 2 N–H and O–H groups in total. The van der Waals surface area contributed by atoms with E-state index in [0.29, 0.717) is 12.8 Å². The maximum Gasteiger partial charge on any atom is 0.304 e. The predicted octanol–water partition coefficient (Wildman–Crippen LogP) is 1.50. The molecule has 110 valence electrons. The molecule has 1 saturated carbocycles. The number of carboxylic acids is 1. The van der Waals surface area contributed by atoms with Gasteiger partial charge in [-0.05, 0) is 30.9 Å². The molecule has 0 saturated heterocycles. The van der Waals surface area contributed by atoms with E-state index in [1.807, 2.05) is 0 Å². The van der Waals surface area contributed by atoms with E-state index in [4.69, 9.17) is 5.11 Å². The van der Waals surface area contributed by atoms with E-state index in [0.717, 1.165) is 18.2 Å². The Kier molecular flexibility index (Phi) is 4.05. The molecule has 20 heavy (non-hydrogen) atoms. The topological polar surface area (TPSA) is 83.5 Å². The highest BCUT2D eigenvalue weighted by molar-refractivity contribution is 7.89. The van der Waals surface area contributed by atoms with E-state index in [1.165, 1.54) is 0 Å². The van der Waals surface area contributed by atoms with Gasteiger partial charge in [-0.15, -0.1) is 0 Å². The molecule has 5 nitrogen and oxygen atoms in total. The summed E-state index contributed by atoms with van der Waals surface area (Å²) >= 11 is 0. The summed E-state index contributed by atoms with van der Waals surface area (Å²) in [5.41, 5.74) is 0. The Labute approximate surface area is 114 Å². The lowest BCUT2D eigenvalue weighted by Crippen LogP contribution is -2.38. The third kappa shape index (κ3) is 3.31. The van der Waals surface area contributed by atoms with Crippen molar-refractivity contribution in [3.05, 3.63) is 29.8 Å². The molecule has 0 heterocycles. The van der Waals surface area contributed by atoms with Crippen molar-refractivity contribution < 1.29 is 27.1 Å². The second kappa shape index (κ2) is 5.45. The van der Waals surface area contributed by atoms with E-state index in [-0.39, 0.29) is 5.92 Å². The highest BCUT2D eigenvalue weighted by Gasteiger charge is 2.37. The maximum absolute atomic E-state index is 13.5. The molecule has 1 fully saturated rings. The normalized spacial score (nSPS) is 16.9. The Bertz CT molecular complexity index is 608. The number of carboxylic acid groups (broad SMARTS) is 1. The highest BCUT2D eigenvalue weighted by atomic mass is 32.2. The smallest absolute Gasteiger partial charge is 0.304 e. The van der Waals surface area contributed by atoms with Crippen LogP contribution in [0.4, 0.5) is 8.78 Å². The first kappa shape index (κ1) is 14.9. The first-order chi connectivity index (χ1) is 9.31. The third-order valence-electron chi connectivity index (χ3n) is 3.08. The number of hydrogen-bond donors (Lipinski definition) is 2. The number of sulfonamides is 1. The summed E-state index contributed by atoms with van der Waals surface area (Å²) in [6.45, 7) is 0. The van der Waals surface area contributed by atoms with Gasteiger partial charge in [0.25, 0.3) is 0 Å². The molecule has 0 aromatic heterocycles. The molecule has 1 atom stereocenters. The van der Waals surface area contributed by atoms with Crippen molar-refractivity contribution in [2.75, 3.05) is 0 Å². The van der Waals surface area contributed by atoms with Gasteiger partial charge in [-0.2, -0.15) is 0 Å². The van der Waals surface area contributed by atoms with E-state index >= 15 is 0 Å². The molecule has 0 spiro atoms. The third-order valence-corrected chi connectivity index (χ3v) is 4.62. The SMILES string of the molecule is O=C(O)CC(NS(=O)(=O)c1c(F)cccc1F)C1CC1. The van der Waals surface area contributed by atoms with Gasteiger partial charge in [-0.25, -0.2) is 21.9 Å². The largest absolute Gasteiger partial charge is 0.481 e. The van der Waals surface area contributed by atoms with Crippen LogP contribution in [0.15, 0.2) is 23.1 Å². The minimum absolute atomic E-state index is 0.101. The quantitative estimate of drug-likeness (QED) is 0.834. The fourth-order valence-corrected chi connectivity index (χ4v) is 3.43. The van der Waals surface area contributed by atoms with E-state index < -0.39 is 45.0 Å². The number of benzene rings is 1. The number of carbonyl (C=O) groups is 1. The number of nitrogens with one attached hydrogen (secondary N) is 1. The van der Waals surface area contributed by atoms with Crippen molar-refractivity contribution in [3.63, 3.8) is 0 Å². The van der Waals surface area contributed by atoms with Crippen molar-refractivity contribution >= 4 is 16.0 Å². The standard InChI is InChI=1S/C12H13F2NO4S/c13-8-2-1-3-9(14)12(8)20(18,19)15-10(6-11(16)17)7-4-5-7/h1-3,7,10,15H,4-6H2,(H,16,17). The Morgan fingerprint density at radius 1 is 1.35 bits per heavy atom. The average molecular weight is 305 g/mol. The van der Waals surface area contributed by atoms with Gasteiger partial charge in [0.2, 0.25) is 10.0 Å². The van der Waals surface area contributed by atoms with E-state index in [1.54, 1.807) is 0 Å². The Balaban J connectivity index is 2.28. The molecule has 1 aromatic carbocycles. The summed E-state index contributed by atoms with van der Waals surface area (Å²) in [7, 11) is -4.43. The predicted molar refractivity (Wildman–Crippen MR) is 65.4 cm³/mol. The molecule has 1 unspecified atom stereocenters. The summed E-state index contributed by atoms with van der Waals surface area (Å²) in [5.74, 6) is -3.68. The van der Waals surface area contributed by atoms with Crippen molar-refractivity contribution in [1.29, 1.82) is 0 Å². The molecular weight excluding hydrogens is 292 g/mol. The zero-order chi connectivity index (χ0) is 14.9. The highest BCUT2D eigenvalue weighted by Crippen LogP contribution is 2.35. The molecule has 1 aliphatic rings. The molecule has 2 rings (SSSR count). The second-order valence-electron chi connectivity index (χ2n) is 4.71. The summed E-state index contributed by atoms with van der Waals surface area (Å²) in [5, 5.41) is 8.75. The van der Waals surface area contributed by atoms with Crippen LogP contribution in [0, 0.1) is 17.6 Å². The Hall–Kier alpha value is -1.54. The van der Waals surface area contributed by atoms with Gasteiger partial charge in [-0.1, -0.05) is 6.07 Å². The molecular formula is C12H13F2NO4S. The van der Waals surface area contributed by atoms with Gasteiger partial charge in [0, 0.05) is 6.04 Å². The molecule has 1 aromatic rings. The first-order valence-electron chi connectivity index (χ1n) is 5.99. The molecule has 0 amide bonds. The lowest BCUT2D eigenvalue weighted by atomic mass is 10.1. The average Bonchev–Trinajstić information content (AvgIpc) is 3.09. The minimum atomic E-state index is -4.43. The van der Waals surface area contributed by atoms with Gasteiger partial charge in [0.15, 0.2) is 4.90 Å². The van der Waals surface area contributed by atoms with Crippen LogP contribution in [0.1, 0.15) is 19.3 Å². The number of rotatable bonds is 6. The molecule has 0 aliphatic heterocycles. The van der Waals surface area contributed by atoms with Crippen molar-refractivity contribution in [2.24, 2.45) is 5.92 Å². The fraction of sp³-hybridized carbons (Fsp3) is 0.417. The molecule has 8 heteroatoms. The summed E-state index contributed by atoms with van der Waals surface area (Å²) in [6.07, 6.45) is 0.973. The van der Waals surface area contributed by atoms with Crippen LogP contribution in [0.3, 0.4) is 0 Å². The number of halogens is 2. The summed E-state index contributed by atoms with van der Waals surface area (Å²) in [6, 6.07) is 1.87. The zero-order valence-electron chi connectivity index (χ0n) is 10.3. The Morgan fingerprint density at radius 2 is 1.90 bits per heavy atom. The lowest BCUT2D eigenvalue weighted by molar-refractivity contribution is -0.137. The van der Waals surface area contributed by atoms with Crippen LogP contribution in [-0.2, 0) is 14.8 Å². The van der Waals surface area contributed by atoms with Crippen LogP contribution in [0.2, 0.25) is 0 Å². The Morgan fingerprint density at radius 3 is 2.35 bits per heavy atom. The summed E-state index contributed by atoms with van der Waals surface area (Å²) < 4.78 is 53.1. The van der Waals surface area contributed by atoms with Gasteiger partial charge in [0.05, 0.1) is 6.42 Å². The number of aliphatic carboxylic acids is 1. The van der Waals surface area contributed by atoms with Crippen LogP contribution < -0.4 is 4.72 Å². The molecule has 0 radical (unpaired) electrons. The van der Waals surface area contributed by atoms with E-state index in [9.17, 15) is 22.0 Å². The summed E-state index contributed by atoms with van der Waals surface area (Å²) in [4.78, 5) is 9.64. The monoisotopic (exact) mass is 305 g/mol. The van der Waals surface area contributed by atoms with Crippen molar-refractivity contribution in [3.8, 4) is 0 Å². The van der Waals surface area contributed by atoms with Gasteiger partial charge in [0.1, 0.15) is 11.6 Å². The van der Waals surface area contributed by atoms with Crippen molar-refractivity contribution in [1.82, 2.24) is 4.72 Å². The molecule has 0 bridgehead atoms. The van der Waals surface area contributed by atoms with E-state index in [2.05, 4.69) is 4.72 Å². The van der Waals surface area contributed by atoms with Gasteiger partial charge in [-0.3, -0.25) is 4.79 Å². The molecule has 1 aliphatic carbocycles.